The first kappa shape index (κ1) is 16.4. The smallest absolute Gasteiger partial charge is 0.283 e. The fraction of sp³-hybridized carbons (Fsp3) is 0.0870. The lowest BCUT2D eigenvalue weighted by Crippen LogP contribution is -2.23. The predicted octanol–water partition coefficient (Wildman–Crippen LogP) is 4.34. The van der Waals surface area contributed by atoms with Crippen molar-refractivity contribution in [1.29, 1.82) is 0 Å². The maximum absolute atomic E-state index is 13.6. The largest absolute Gasteiger partial charge is 0.319 e. The average Bonchev–Trinajstić information content (AvgIpc) is 3.21. The molecule has 0 aliphatic carbocycles. The molecule has 0 spiro atoms. The van der Waals surface area contributed by atoms with Gasteiger partial charge in [-0.1, -0.05) is 48.5 Å². The van der Waals surface area contributed by atoms with E-state index in [0.717, 1.165) is 16.6 Å². The lowest BCUT2D eigenvalue weighted by molar-refractivity contribution is 0.655. The summed E-state index contributed by atoms with van der Waals surface area (Å²) >= 11 is 0. The molecule has 0 saturated carbocycles. The molecule has 1 unspecified atom stereocenters. The van der Waals surface area contributed by atoms with E-state index in [-0.39, 0.29) is 11.6 Å². The van der Waals surface area contributed by atoms with Crippen LogP contribution in [-0.4, -0.2) is 19.1 Å². The summed E-state index contributed by atoms with van der Waals surface area (Å²) in [5, 5.41) is 0.861. The molecular formula is C23H18N4O. The second-order valence-electron chi connectivity index (χ2n) is 6.79. The number of nitrogens with zero attached hydrogens (tertiary/aromatic N) is 4. The van der Waals surface area contributed by atoms with Crippen LogP contribution in [0.5, 0.6) is 0 Å². The lowest BCUT2D eigenvalue weighted by atomic mass is 10.1. The quantitative estimate of drug-likeness (QED) is 0.477. The molecular weight excluding hydrogens is 348 g/mol. The number of para-hydroxylation sites is 1. The van der Waals surface area contributed by atoms with Gasteiger partial charge in [0.05, 0.1) is 18.1 Å². The van der Waals surface area contributed by atoms with Gasteiger partial charge in [0, 0.05) is 11.6 Å². The summed E-state index contributed by atoms with van der Waals surface area (Å²) in [5.74, 6) is 0. The minimum Gasteiger partial charge on any atom is -0.319 e. The van der Waals surface area contributed by atoms with E-state index in [2.05, 4.69) is 29.0 Å². The van der Waals surface area contributed by atoms with Crippen LogP contribution < -0.4 is 5.56 Å². The molecule has 3 heterocycles. The van der Waals surface area contributed by atoms with Crippen LogP contribution in [0, 0.1) is 0 Å². The highest BCUT2D eigenvalue weighted by Gasteiger charge is 2.20. The second-order valence-corrected chi connectivity index (χ2v) is 6.79. The Labute approximate surface area is 161 Å². The van der Waals surface area contributed by atoms with Crippen molar-refractivity contribution < 1.29 is 0 Å². The van der Waals surface area contributed by atoms with E-state index in [1.165, 1.54) is 0 Å². The zero-order valence-electron chi connectivity index (χ0n) is 15.4. The van der Waals surface area contributed by atoms with E-state index in [9.17, 15) is 4.79 Å². The molecule has 0 aliphatic heterocycles. The summed E-state index contributed by atoms with van der Waals surface area (Å²) in [5.41, 5.74) is 3.68. The molecule has 0 bridgehead atoms. The lowest BCUT2D eigenvalue weighted by Gasteiger charge is -2.16. The van der Waals surface area contributed by atoms with Crippen LogP contribution in [0.3, 0.4) is 0 Å². The molecule has 0 aliphatic rings. The number of fused-ring (bicyclic) bond motifs is 3. The van der Waals surface area contributed by atoms with Crippen LogP contribution in [0.2, 0.25) is 0 Å². The highest BCUT2D eigenvalue weighted by molar-refractivity contribution is 6.01. The average molecular weight is 366 g/mol. The highest BCUT2D eigenvalue weighted by atomic mass is 16.1. The van der Waals surface area contributed by atoms with Gasteiger partial charge < -0.3 is 4.57 Å². The molecule has 0 N–H and O–H groups in total. The molecule has 0 amide bonds. The number of imidazole rings is 1. The molecule has 5 rings (SSSR count). The molecule has 5 nitrogen and oxygen atoms in total. The van der Waals surface area contributed by atoms with Gasteiger partial charge in [-0.3, -0.25) is 9.36 Å². The SMILES string of the molecule is CC(c1ccccc1)n1cnc2c3cccnc3n(-c3ccccc3)c(=O)c21. The predicted molar refractivity (Wildman–Crippen MR) is 111 cm³/mol. The summed E-state index contributed by atoms with van der Waals surface area (Å²) in [6.07, 6.45) is 3.46. The summed E-state index contributed by atoms with van der Waals surface area (Å²) in [7, 11) is 0. The van der Waals surface area contributed by atoms with E-state index >= 15 is 0 Å². The molecule has 5 aromatic rings. The summed E-state index contributed by atoms with van der Waals surface area (Å²) < 4.78 is 3.63. The number of benzene rings is 2. The van der Waals surface area contributed by atoms with Crippen LogP contribution in [-0.2, 0) is 0 Å². The van der Waals surface area contributed by atoms with Crippen LogP contribution in [0.1, 0.15) is 18.5 Å². The van der Waals surface area contributed by atoms with Crippen molar-refractivity contribution in [2.24, 2.45) is 0 Å². The first-order valence-electron chi connectivity index (χ1n) is 9.22. The maximum atomic E-state index is 13.6. The van der Waals surface area contributed by atoms with Gasteiger partial charge in [-0.25, -0.2) is 9.97 Å². The number of aromatic nitrogens is 4. The fourth-order valence-corrected chi connectivity index (χ4v) is 3.73. The van der Waals surface area contributed by atoms with E-state index in [1.54, 1.807) is 17.1 Å². The van der Waals surface area contributed by atoms with Gasteiger partial charge in [0.25, 0.3) is 5.56 Å². The minimum absolute atomic E-state index is 0.0164. The van der Waals surface area contributed by atoms with E-state index in [4.69, 9.17) is 0 Å². The topological polar surface area (TPSA) is 52.7 Å². The van der Waals surface area contributed by atoms with Gasteiger partial charge in [0.2, 0.25) is 0 Å². The second kappa shape index (κ2) is 6.46. The summed E-state index contributed by atoms with van der Waals surface area (Å²) in [6.45, 7) is 2.08. The Balaban J connectivity index is 1.88. The van der Waals surface area contributed by atoms with Crippen molar-refractivity contribution >= 4 is 22.1 Å². The van der Waals surface area contributed by atoms with Crippen molar-refractivity contribution in [2.75, 3.05) is 0 Å². The summed E-state index contributed by atoms with van der Waals surface area (Å²) in [6, 6.07) is 23.6. The maximum Gasteiger partial charge on any atom is 0.283 e. The van der Waals surface area contributed by atoms with Gasteiger partial charge in [-0.15, -0.1) is 0 Å². The Morgan fingerprint density at radius 3 is 2.32 bits per heavy atom. The number of rotatable bonds is 3. The van der Waals surface area contributed by atoms with Gasteiger partial charge in [0.1, 0.15) is 16.7 Å². The van der Waals surface area contributed by atoms with Gasteiger partial charge in [-0.05, 0) is 36.8 Å². The molecule has 136 valence electrons. The van der Waals surface area contributed by atoms with E-state index in [0.29, 0.717) is 16.7 Å². The summed E-state index contributed by atoms with van der Waals surface area (Å²) in [4.78, 5) is 22.7. The molecule has 2 aromatic carbocycles. The third-order valence-corrected chi connectivity index (χ3v) is 5.17. The third kappa shape index (κ3) is 2.44. The van der Waals surface area contributed by atoms with Gasteiger partial charge in [0.15, 0.2) is 0 Å². The Morgan fingerprint density at radius 2 is 1.57 bits per heavy atom. The zero-order valence-corrected chi connectivity index (χ0v) is 15.4. The van der Waals surface area contributed by atoms with Crippen LogP contribution in [0.25, 0.3) is 27.8 Å². The van der Waals surface area contributed by atoms with Crippen LogP contribution >= 0.6 is 0 Å². The van der Waals surface area contributed by atoms with Crippen molar-refractivity contribution in [3.63, 3.8) is 0 Å². The molecule has 1 atom stereocenters. The van der Waals surface area contributed by atoms with Crippen molar-refractivity contribution in [2.45, 2.75) is 13.0 Å². The Hall–Kier alpha value is -3.73. The third-order valence-electron chi connectivity index (χ3n) is 5.17. The minimum atomic E-state index is -0.118. The van der Waals surface area contributed by atoms with Crippen molar-refractivity contribution in [3.05, 3.63) is 101 Å². The zero-order chi connectivity index (χ0) is 19.1. The monoisotopic (exact) mass is 366 g/mol. The van der Waals surface area contributed by atoms with Gasteiger partial charge in [-0.2, -0.15) is 0 Å². The molecule has 5 heteroatoms. The van der Waals surface area contributed by atoms with Gasteiger partial charge >= 0.3 is 0 Å². The van der Waals surface area contributed by atoms with Crippen molar-refractivity contribution in [3.8, 4) is 5.69 Å². The standard InChI is InChI=1S/C23H18N4O/c1-16(17-9-4-2-5-10-17)26-15-25-20-19-13-8-14-24-22(19)27(23(28)21(20)26)18-11-6-3-7-12-18/h2-16H,1H3. The Morgan fingerprint density at radius 1 is 0.857 bits per heavy atom. The number of hydrogen-bond acceptors (Lipinski definition) is 3. The first-order valence-corrected chi connectivity index (χ1v) is 9.22. The van der Waals surface area contributed by atoms with Crippen molar-refractivity contribution in [1.82, 2.24) is 19.1 Å². The highest BCUT2D eigenvalue weighted by Crippen LogP contribution is 2.26. The Kier molecular flexibility index (Phi) is 3.79. The van der Waals surface area contributed by atoms with E-state index < -0.39 is 0 Å². The number of hydrogen-bond donors (Lipinski definition) is 0. The normalized spacial score (nSPS) is 12.5. The molecule has 3 aromatic heterocycles. The van der Waals surface area contributed by atoms with Crippen LogP contribution in [0.4, 0.5) is 0 Å². The van der Waals surface area contributed by atoms with Crippen LogP contribution in [0.15, 0.2) is 90.1 Å². The fourth-order valence-electron chi connectivity index (χ4n) is 3.73. The molecule has 0 fully saturated rings. The van der Waals surface area contributed by atoms with E-state index in [1.807, 2.05) is 65.2 Å². The molecule has 0 saturated heterocycles. The number of pyridine rings is 2. The first-order chi connectivity index (χ1) is 13.8. The molecule has 0 radical (unpaired) electrons. The molecule has 28 heavy (non-hydrogen) atoms. The Bertz CT molecular complexity index is 1340.